The molecule has 0 bridgehead atoms. The summed E-state index contributed by atoms with van der Waals surface area (Å²) in [6.45, 7) is 1.99. The third kappa shape index (κ3) is 1.84. The number of Topliss-reactive ketones (excluding diaryl/α,β-unsaturated/α-hetero) is 1. The Kier molecular flexibility index (Phi) is 3.11. The molecule has 1 aromatic heterocycles. The molecule has 3 rings (SSSR count). The molecular formula is C15H14N2O2S. The van der Waals surface area contributed by atoms with Crippen LogP contribution in [0.5, 0.6) is 0 Å². The van der Waals surface area contributed by atoms with Gasteiger partial charge in [-0.2, -0.15) is 5.26 Å². The van der Waals surface area contributed by atoms with Crippen molar-refractivity contribution < 1.29 is 9.53 Å². The fourth-order valence-electron chi connectivity index (χ4n) is 2.80. The van der Waals surface area contributed by atoms with Crippen molar-refractivity contribution in [3.05, 3.63) is 44.7 Å². The summed E-state index contributed by atoms with van der Waals surface area (Å²) in [7, 11) is 0. The van der Waals surface area contributed by atoms with E-state index in [-0.39, 0.29) is 17.6 Å². The van der Waals surface area contributed by atoms with E-state index in [0.717, 1.165) is 16.9 Å². The van der Waals surface area contributed by atoms with E-state index in [4.69, 9.17) is 10.5 Å². The van der Waals surface area contributed by atoms with Gasteiger partial charge in [0, 0.05) is 23.3 Å². The molecule has 2 aliphatic rings. The quantitative estimate of drug-likeness (QED) is 0.861. The minimum Gasteiger partial charge on any atom is -0.444 e. The Labute approximate surface area is 121 Å². The molecule has 1 atom stereocenters. The topological polar surface area (TPSA) is 76.1 Å². The first-order valence-corrected chi connectivity index (χ1v) is 7.39. The highest BCUT2D eigenvalue weighted by Gasteiger charge is 2.38. The Hall–Kier alpha value is -2.06. The zero-order valence-corrected chi connectivity index (χ0v) is 11.9. The number of hydrogen-bond donors (Lipinski definition) is 1. The van der Waals surface area contributed by atoms with E-state index in [1.807, 2.05) is 18.4 Å². The van der Waals surface area contributed by atoms with Crippen LogP contribution in [0.2, 0.25) is 0 Å². The lowest BCUT2D eigenvalue weighted by molar-refractivity contribution is -0.116. The summed E-state index contributed by atoms with van der Waals surface area (Å²) < 4.78 is 5.53. The van der Waals surface area contributed by atoms with Crippen molar-refractivity contribution in [2.45, 2.75) is 32.1 Å². The van der Waals surface area contributed by atoms with E-state index in [9.17, 15) is 10.1 Å². The molecule has 1 aromatic rings. The van der Waals surface area contributed by atoms with E-state index < -0.39 is 0 Å². The number of nitrogens with zero attached hydrogens (tertiary/aromatic N) is 1. The summed E-state index contributed by atoms with van der Waals surface area (Å²) in [5, 5.41) is 11.4. The van der Waals surface area contributed by atoms with Crippen molar-refractivity contribution in [2.24, 2.45) is 5.73 Å². The van der Waals surface area contributed by atoms with Crippen LogP contribution >= 0.6 is 11.3 Å². The largest absolute Gasteiger partial charge is 0.444 e. The molecule has 4 nitrogen and oxygen atoms in total. The SMILES string of the molecule is Cc1ccsc1[C@@H]1C(C#N)=C(N)OC2=C1C(=O)CCC2. The highest BCUT2D eigenvalue weighted by Crippen LogP contribution is 2.45. The first-order valence-electron chi connectivity index (χ1n) is 6.51. The summed E-state index contributed by atoms with van der Waals surface area (Å²) in [5.74, 6) is 0.509. The molecule has 2 heterocycles. The molecule has 0 radical (unpaired) electrons. The van der Waals surface area contributed by atoms with Gasteiger partial charge < -0.3 is 10.5 Å². The number of nitrogens with two attached hydrogens (primary N) is 1. The van der Waals surface area contributed by atoms with E-state index >= 15 is 0 Å². The van der Waals surface area contributed by atoms with Crippen LogP contribution in [0.15, 0.2) is 34.2 Å². The van der Waals surface area contributed by atoms with Crippen LogP contribution in [-0.2, 0) is 9.53 Å². The van der Waals surface area contributed by atoms with Gasteiger partial charge in [0.05, 0.1) is 5.92 Å². The van der Waals surface area contributed by atoms with Crippen LogP contribution in [0.4, 0.5) is 0 Å². The van der Waals surface area contributed by atoms with Crippen LogP contribution in [0.3, 0.4) is 0 Å². The third-order valence-corrected chi connectivity index (χ3v) is 4.85. The maximum Gasteiger partial charge on any atom is 0.205 e. The molecule has 5 heteroatoms. The van der Waals surface area contributed by atoms with Gasteiger partial charge in [0.1, 0.15) is 17.4 Å². The van der Waals surface area contributed by atoms with Gasteiger partial charge in [-0.15, -0.1) is 11.3 Å². The number of carbonyl (C=O) groups excluding carboxylic acids is 1. The van der Waals surface area contributed by atoms with Crippen LogP contribution in [0.25, 0.3) is 0 Å². The molecule has 0 amide bonds. The van der Waals surface area contributed by atoms with Crippen molar-refractivity contribution in [3.63, 3.8) is 0 Å². The highest BCUT2D eigenvalue weighted by molar-refractivity contribution is 7.10. The predicted octanol–water partition coefficient (Wildman–Crippen LogP) is 2.87. The number of hydrogen-bond acceptors (Lipinski definition) is 5. The molecule has 0 spiro atoms. The fraction of sp³-hybridized carbons (Fsp3) is 0.333. The number of rotatable bonds is 1. The average molecular weight is 286 g/mol. The molecule has 0 saturated heterocycles. The molecule has 0 fully saturated rings. The van der Waals surface area contributed by atoms with Gasteiger partial charge in [-0.05, 0) is 30.4 Å². The maximum absolute atomic E-state index is 12.3. The normalized spacial score (nSPS) is 22.4. The molecule has 20 heavy (non-hydrogen) atoms. The zero-order chi connectivity index (χ0) is 14.3. The second-order valence-corrected chi connectivity index (χ2v) is 5.95. The Morgan fingerprint density at radius 3 is 2.95 bits per heavy atom. The first-order chi connectivity index (χ1) is 9.63. The van der Waals surface area contributed by atoms with E-state index in [1.54, 1.807) is 11.3 Å². The molecule has 1 aliphatic heterocycles. The lowest BCUT2D eigenvalue weighted by Gasteiger charge is -2.30. The minimum absolute atomic E-state index is 0.0734. The lowest BCUT2D eigenvalue weighted by Crippen LogP contribution is -2.27. The predicted molar refractivity (Wildman–Crippen MR) is 75.6 cm³/mol. The van der Waals surface area contributed by atoms with Crippen molar-refractivity contribution in [1.82, 2.24) is 0 Å². The summed E-state index contributed by atoms with van der Waals surface area (Å²) >= 11 is 1.55. The Balaban J connectivity index is 2.21. The van der Waals surface area contributed by atoms with Gasteiger partial charge >= 0.3 is 0 Å². The van der Waals surface area contributed by atoms with Crippen LogP contribution < -0.4 is 5.73 Å². The maximum atomic E-state index is 12.3. The molecule has 102 valence electrons. The van der Waals surface area contributed by atoms with E-state index in [0.29, 0.717) is 29.7 Å². The number of thiophene rings is 1. The van der Waals surface area contributed by atoms with Crippen molar-refractivity contribution in [2.75, 3.05) is 0 Å². The summed E-state index contributed by atoms with van der Waals surface area (Å²) in [6, 6.07) is 4.12. The second kappa shape index (κ2) is 4.80. The molecule has 1 aliphatic carbocycles. The average Bonchev–Trinajstić information content (AvgIpc) is 2.83. The van der Waals surface area contributed by atoms with Gasteiger partial charge in [0.2, 0.25) is 5.88 Å². The van der Waals surface area contributed by atoms with Crippen LogP contribution in [0.1, 0.15) is 35.6 Å². The molecular weight excluding hydrogens is 272 g/mol. The lowest BCUT2D eigenvalue weighted by atomic mass is 9.80. The zero-order valence-electron chi connectivity index (χ0n) is 11.1. The van der Waals surface area contributed by atoms with Crippen molar-refractivity contribution in [3.8, 4) is 6.07 Å². The van der Waals surface area contributed by atoms with Crippen molar-refractivity contribution >= 4 is 17.1 Å². The summed E-state index contributed by atoms with van der Waals surface area (Å²) in [6.07, 6.45) is 2.01. The monoisotopic (exact) mass is 286 g/mol. The number of allylic oxidation sites excluding steroid dienone is 3. The standard InChI is InChI=1S/C15H14N2O2S/c1-8-5-6-20-14(8)12-9(7-16)15(17)19-11-4-2-3-10(18)13(11)12/h5-6,12H,2-4,17H2,1H3/t12-/m1/s1. The fourth-order valence-corrected chi connectivity index (χ4v) is 3.84. The van der Waals surface area contributed by atoms with Gasteiger partial charge in [0.15, 0.2) is 5.78 Å². The molecule has 2 N–H and O–H groups in total. The molecule has 0 aromatic carbocycles. The van der Waals surface area contributed by atoms with Gasteiger partial charge in [-0.1, -0.05) is 0 Å². The molecule has 0 unspecified atom stereocenters. The number of ketones is 1. The van der Waals surface area contributed by atoms with Gasteiger partial charge in [0.25, 0.3) is 0 Å². The molecule has 0 saturated carbocycles. The van der Waals surface area contributed by atoms with E-state index in [1.165, 1.54) is 0 Å². The Morgan fingerprint density at radius 2 is 2.30 bits per heavy atom. The Bertz CT molecular complexity index is 691. The van der Waals surface area contributed by atoms with Gasteiger partial charge in [-0.3, -0.25) is 4.79 Å². The number of aryl methyl sites for hydroxylation is 1. The highest BCUT2D eigenvalue weighted by atomic mass is 32.1. The smallest absolute Gasteiger partial charge is 0.205 e. The third-order valence-electron chi connectivity index (χ3n) is 3.77. The van der Waals surface area contributed by atoms with Gasteiger partial charge in [-0.25, -0.2) is 0 Å². The van der Waals surface area contributed by atoms with Crippen LogP contribution in [0, 0.1) is 18.3 Å². The first kappa shape index (κ1) is 12.9. The minimum atomic E-state index is -0.350. The number of ether oxygens (including phenoxy) is 1. The summed E-state index contributed by atoms with van der Waals surface area (Å²) in [5.41, 5.74) is 7.94. The Morgan fingerprint density at radius 1 is 1.50 bits per heavy atom. The second-order valence-electron chi connectivity index (χ2n) is 5.01. The van der Waals surface area contributed by atoms with E-state index in [2.05, 4.69) is 6.07 Å². The number of carbonyl (C=O) groups is 1. The van der Waals surface area contributed by atoms with Crippen LogP contribution in [-0.4, -0.2) is 5.78 Å². The number of nitriles is 1. The van der Waals surface area contributed by atoms with Crippen molar-refractivity contribution in [1.29, 1.82) is 5.26 Å². The summed E-state index contributed by atoms with van der Waals surface area (Å²) in [4.78, 5) is 13.3.